The minimum atomic E-state index is -0.144. The van der Waals surface area contributed by atoms with Crippen LogP contribution in [0, 0.1) is 27.7 Å². The number of hydrogen-bond donors (Lipinski definition) is 0. The summed E-state index contributed by atoms with van der Waals surface area (Å²) in [6.45, 7) is 42.1. The van der Waals surface area contributed by atoms with Gasteiger partial charge < -0.3 is 9.80 Å². The van der Waals surface area contributed by atoms with Crippen LogP contribution in [0.2, 0.25) is 0 Å². The fraction of sp³-hybridized carbons (Fsp3) is 0.324. The van der Waals surface area contributed by atoms with Crippen molar-refractivity contribution in [1.82, 2.24) is 0 Å². The molecule has 0 spiro atoms. The van der Waals surface area contributed by atoms with E-state index in [1.165, 1.54) is 134 Å². The third kappa shape index (κ3) is 7.90. The Balaban J connectivity index is 1.20. The molecule has 8 aromatic rings. The molecule has 74 heavy (non-hydrogen) atoms. The quantitative estimate of drug-likeness (QED) is 0.162. The standard InChI is InChI=1S/C71H77BN2/c1-42-33-49(68(8,9)10)34-43(2)64(42)46-23-27-52(28-24-46)73-60-32-25-47(65-44(3)35-50(36-45(65)4)69(11,12)13)37-59(60)72-58-31-26-48(67(5,6)7)38-61(58)74(63-40-51(70(14,15)16)39-62(73)66(63)72)53-29-30-55-54-21-19-20-22-56(54)71(17,18)57(55)41-53/h19-41H,1-18H3. The molecule has 2 nitrogen and oxygen atoms in total. The van der Waals surface area contributed by atoms with E-state index in [9.17, 15) is 0 Å². The zero-order valence-electron chi connectivity index (χ0n) is 47.8. The predicted octanol–water partition coefficient (Wildman–Crippen LogP) is 17.8. The van der Waals surface area contributed by atoms with E-state index >= 15 is 0 Å². The van der Waals surface area contributed by atoms with Gasteiger partial charge in [-0.2, -0.15) is 0 Å². The van der Waals surface area contributed by atoms with Gasteiger partial charge in [0.15, 0.2) is 0 Å². The van der Waals surface area contributed by atoms with Crippen LogP contribution < -0.4 is 26.2 Å². The molecule has 0 atom stereocenters. The minimum absolute atomic E-state index is 0.0176. The molecule has 374 valence electrons. The van der Waals surface area contributed by atoms with Crippen LogP contribution in [-0.4, -0.2) is 6.71 Å². The third-order valence-corrected chi connectivity index (χ3v) is 17.1. The second kappa shape index (κ2) is 16.7. The number of nitrogens with zero attached hydrogens (tertiary/aromatic N) is 2. The Morgan fingerprint density at radius 2 is 0.824 bits per heavy atom. The van der Waals surface area contributed by atoms with Crippen LogP contribution in [0.4, 0.5) is 34.1 Å². The molecule has 2 aliphatic heterocycles. The summed E-state index contributed by atoms with van der Waals surface area (Å²) in [5.74, 6) is 0. The number of fused-ring (bicyclic) bond motifs is 7. The Morgan fingerprint density at radius 1 is 0.365 bits per heavy atom. The van der Waals surface area contributed by atoms with E-state index in [1.54, 1.807) is 0 Å². The van der Waals surface area contributed by atoms with Gasteiger partial charge in [0, 0.05) is 39.5 Å². The van der Waals surface area contributed by atoms with E-state index in [4.69, 9.17) is 0 Å². The van der Waals surface area contributed by atoms with Gasteiger partial charge in [0.1, 0.15) is 0 Å². The smallest absolute Gasteiger partial charge is 0.252 e. The average molecular weight is 969 g/mol. The van der Waals surface area contributed by atoms with Crippen molar-refractivity contribution in [3.8, 4) is 33.4 Å². The number of benzene rings is 8. The van der Waals surface area contributed by atoms with Crippen molar-refractivity contribution in [2.45, 2.75) is 152 Å². The maximum atomic E-state index is 2.65. The first-order chi connectivity index (χ1) is 34.6. The minimum Gasteiger partial charge on any atom is -0.311 e. The normalized spacial score (nSPS) is 14.6. The lowest BCUT2D eigenvalue weighted by Crippen LogP contribution is -2.61. The highest BCUT2D eigenvalue weighted by Gasteiger charge is 2.45. The van der Waals surface area contributed by atoms with E-state index in [0.29, 0.717) is 0 Å². The van der Waals surface area contributed by atoms with Crippen molar-refractivity contribution in [3.63, 3.8) is 0 Å². The van der Waals surface area contributed by atoms with Gasteiger partial charge in [-0.05, 0) is 203 Å². The molecule has 3 aliphatic rings. The molecule has 0 saturated carbocycles. The largest absolute Gasteiger partial charge is 0.311 e. The van der Waals surface area contributed by atoms with Gasteiger partial charge in [0.2, 0.25) is 0 Å². The molecule has 11 rings (SSSR count). The summed E-state index contributed by atoms with van der Waals surface area (Å²) in [4.78, 5) is 5.25. The van der Waals surface area contributed by atoms with Crippen LogP contribution >= 0.6 is 0 Å². The molecule has 1 aliphatic carbocycles. The summed E-state index contributed by atoms with van der Waals surface area (Å²) in [7, 11) is 0. The topological polar surface area (TPSA) is 6.48 Å². The Kier molecular flexibility index (Phi) is 11.2. The lowest BCUT2D eigenvalue weighted by atomic mass is 9.33. The van der Waals surface area contributed by atoms with Crippen molar-refractivity contribution < 1.29 is 0 Å². The summed E-state index contributed by atoms with van der Waals surface area (Å²) in [5, 5.41) is 0. The fourth-order valence-corrected chi connectivity index (χ4v) is 12.9. The lowest BCUT2D eigenvalue weighted by molar-refractivity contribution is 0.589. The molecule has 0 bridgehead atoms. The third-order valence-electron chi connectivity index (χ3n) is 17.1. The molecule has 0 aromatic heterocycles. The second-order valence-corrected chi connectivity index (χ2v) is 27.0. The van der Waals surface area contributed by atoms with Crippen LogP contribution in [0.1, 0.15) is 153 Å². The van der Waals surface area contributed by atoms with E-state index in [-0.39, 0.29) is 33.8 Å². The van der Waals surface area contributed by atoms with Gasteiger partial charge >= 0.3 is 0 Å². The van der Waals surface area contributed by atoms with Crippen LogP contribution in [-0.2, 0) is 27.1 Å². The van der Waals surface area contributed by atoms with Crippen molar-refractivity contribution >= 4 is 57.2 Å². The molecule has 0 N–H and O–H groups in total. The number of anilines is 6. The second-order valence-electron chi connectivity index (χ2n) is 27.0. The fourth-order valence-electron chi connectivity index (χ4n) is 12.9. The van der Waals surface area contributed by atoms with Crippen molar-refractivity contribution in [3.05, 3.63) is 195 Å². The first kappa shape index (κ1) is 49.6. The Labute approximate surface area is 445 Å². The van der Waals surface area contributed by atoms with Gasteiger partial charge in [-0.15, -0.1) is 0 Å². The molecule has 2 heterocycles. The van der Waals surface area contributed by atoms with Crippen LogP contribution in [0.3, 0.4) is 0 Å². The molecule has 0 saturated heterocycles. The number of aryl methyl sites for hydroxylation is 4. The Morgan fingerprint density at radius 3 is 1.38 bits per heavy atom. The van der Waals surface area contributed by atoms with Crippen LogP contribution in [0.15, 0.2) is 140 Å². The Hall–Kier alpha value is -6.58. The zero-order valence-corrected chi connectivity index (χ0v) is 47.8. The van der Waals surface area contributed by atoms with E-state index in [0.717, 1.165) is 5.69 Å². The zero-order chi connectivity index (χ0) is 52.9. The van der Waals surface area contributed by atoms with E-state index < -0.39 is 0 Å². The highest BCUT2D eigenvalue weighted by atomic mass is 15.2. The summed E-state index contributed by atoms with van der Waals surface area (Å²) in [6.07, 6.45) is 0. The van der Waals surface area contributed by atoms with Gasteiger partial charge in [-0.25, -0.2) is 0 Å². The average Bonchev–Trinajstić information content (AvgIpc) is 3.54. The lowest BCUT2D eigenvalue weighted by Gasteiger charge is -2.45. The van der Waals surface area contributed by atoms with Gasteiger partial charge in [-0.1, -0.05) is 188 Å². The van der Waals surface area contributed by atoms with Gasteiger partial charge in [-0.3, -0.25) is 0 Å². The van der Waals surface area contributed by atoms with Crippen molar-refractivity contribution in [1.29, 1.82) is 0 Å². The van der Waals surface area contributed by atoms with Crippen LogP contribution in [0.5, 0.6) is 0 Å². The molecule has 8 aromatic carbocycles. The van der Waals surface area contributed by atoms with Gasteiger partial charge in [0.05, 0.1) is 0 Å². The van der Waals surface area contributed by atoms with E-state index in [1.807, 2.05) is 0 Å². The van der Waals surface area contributed by atoms with Gasteiger partial charge in [0.25, 0.3) is 6.71 Å². The van der Waals surface area contributed by atoms with E-state index in [2.05, 4.69) is 274 Å². The first-order valence-electron chi connectivity index (χ1n) is 27.3. The molecule has 0 unspecified atom stereocenters. The molecule has 3 heteroatoms. The maximum Gasteiger partial charge on any atom is 0.252 e. The predicted molar refractivity (Wildman–Crippen MR) is 323 cm³/mol. The highest BCUT2D eigenvalue weighted by Crippen LogP contribution is 2.53. The summed E-state index contributed by atoms with van der Waals surface area (Å²) in [5.41, 5.74) is 32.5. The summed E-state index contributed by atoms with van der Waals surface area (Å²) in [6, 6.07) is 55.4. The SMILES string of the molecule is Cc1cc(C(C)(C)C)cc(C)c1-c1ccc(N2c3ccc(-c4c(C)cc(C(C)(C)C)cc4C)cc3B3c4ccc(C(C)(C)C)cc4N(c4ccc5c(c4)C(C)(C)c4ccccc4-5)c4cc(C(C)(C)C)cc2c43)cc1. The number of hydrogen-bond acceptors (Lipinski definition) is 2. The van der Waals surface area contributed by atoms with Crippen molar-refractivity contribution in [2.24, 2.45) is 0 Å². The molecular weight excluding hydrogens is 892 g/mol. The summed E-state index contributed by atoms with van der Waals surface area (Å²) >= 11 is 0. The first-order valence-corrected chi connectivity index (χ1v) is 27.3. The molecular formula is C71H77BN2. The number of rotatable bonds is 4. The monoisotopic (exact) mass is 969 g/mol. The highest BCUT2D eigenvalue weighted by molar-refractivity contribution is 7.00. The molecule has 0 fully saturated rings. The van der Waals surface area contributed by atoms with Crippen LogP contribution in [0.25, 0.3) is 33.4 Å². The molecule has 0 radical (unpaired) electrons. The Bertz CT molecular complexity index is 3570. The van der Waals surface area contributed by atoms with Crippen molar-refractivity contribution in [2.75, 3.05) is 9.80 Å². The molecule has 0 amide bonds. The maximum absolute atomic E-state index is 2.65. The summed E-state index contributed by atoms with van der Waals surface area (Å²) < 4.78 is 0.